The van der Waals surface area contributed by atoms with Gasteiger partial charge in [-0.15, -0.1) is 10.2 Å². The van der Waals surface area contributed by atoms with Crippen LogP contribution in [0.25, 0.3) is 11.4 Å². The molecule has 4 aromatic rings. The maximum Gasteiger partial charge on any atom is 0.240 e. The zero-order valence-electron chi connectivity index (χ0n) is 17.4. The molecule has 0 aliphatic heterocycles. The Hall–Kier alpha value is -3.45. The molecule has 0 radical (unpaired) electrons. The summed E-state index contributed by atoms with van der Waals surface area (Å²) in [4.78, 5) is 17.2. The quantitative estimate of drug-likeness (QED) is 0.423. The van der Waals surface area contributed by atoms with Crippen LogP contribution in [0.1, 0.15) is 19.4 Å². The van der Waals surface area contributed by atoms with Gasteiger partial charge in [0.25, 0.3) is 0 Å². The van der Waals surface area contributed by atoms with E-state index in [1.54, 1.807) is 12.4 Å². The van der Waals surface area contributed by atoms with Gasteiger partial charge in [0, 0.05) is 23.6 Å². The van der Waals surface area contributed by atoms with Crippen molar-refractivity contribution < 1.29 is 4.79 Å². The fourth-order valence-electron chi connectivity index (χ4n) is 3.06. The molecule has 6 nitrogen and oxygen atoms in total. The van der Waals surface area contributed by atoms with Crippen LogP contribution in [-0.4, -0.2) is 30.4 Å². The molecule has 156 valence electrons. The molecule has 31 heavy (non-hydrogen) atoms. The van der Waals surface area contributed by atoms with Gasteiger partial charge in [0.2, 0.25) is 5.91 Å². The molecule has 0 aliphatic rings. The van der Waals surface area contributed by atoms with Crippen LogP contribution in [0.2, 0.25) is 0 Å². The molecule has 4 rings (SSSR count). The molecule has 2 aromatic heterocycles. The van der Waals surface area contributed by atoms with Crippen LogP contribution in [-0.2, 0) is 11.3 Å². The number of nitrogens with one attached hydrogen (secondary N) is 1. The third kappa shape index (κ3) is 5.00. The SMILES string of the molecule is CC(C)(Sc1nnc(-c2cccnc2)n1Cc1ccccc1)C(=O)Nc1ccccc1. The van der Waals surface area contributed by atoms with E-state index in [9.17, 15) is 4.79 Å². The Morgan fingerprint density at radius 3 is 2.35 bits per heavy atom. The summed E-state index contributed by atoms with van der Waals surface area (Å²) in [5.41, 5.74) is 2.77. The largest absolute Gasteiger partial charge is 0.325 e. The minimum absolute atomic E-state index is 0.0964. The first-order valence-corrected chi connectivity index (χ1v) is 10.8. The van der Waals surface area contributed by atoms with E-state index < -0.39 is 4.75 Å². The van der Waals surface area contributed by atoms with Gasteiger partial charge < -0.3 is 5.32 Å². The second kappa shape index (κ2) is 9.14. The molecule has 1 amide bonds. The second-order valence-corrected chi connectivity index (χ2v) is 9.14. The first-order valence-electron chi connectivity index (χ1n) is 9.96. The van der Waals surface area contributed by atoms with E-state index in [0.717, 1.165) is 22.6 Å². The third-order valence-corrected chi connectivity index (χ3v) is 5.93. The Bertz CT molecular complexity index is 1140. The fourth-order valence-corrected chi connectivity index (χ4v) is 4.00. The number of hydrogen-bond donors (Lipinski definition) is 1. The summed E-state index contributed by atoms with van der Waals surface area (Å²) in [5, 5.41) is 12.5. The molecule has 0 unspecified atom stereocenters. The van der Waals surface area contributed by atoms with Gasteiger partial charge in [0.05, 0.1) is 11.3 Å². The normalized spacial score (nSPS) is 11.3. The van der Waals surface area contributed by atoms with E-state index in [2.05, 4.69) is 32.6 Å². The van der Waals surface area contributed by atoms with Crippen molar-refractivity contribution in [2.45, 2.75) is 30.3 Å². The topological polar surface area (TPSA) is 72.7 Å². The molecule has 2 heterocycles. The Balaban J connectivity index is 1.64. The number of hydrogen-bond acceptors (Lipinski definition) is 5. The van der Waals surface area contributed by atoms with Gasteiger partial charge in [0.1, 0.15) is 0 Å². The Morgan fingerprint density at radius 2 is 1.68 bits per heavy atom. The number of anilines is 1. The highest BCUT2D eigenvalue weighted by Gasteiger charge is 2.32. The van der Waals surface area contributed by atoms with Gasteiger partial charge >= 0.3 is 0 Å². The highest BCUT2D eigenvalue weighted by atomic mass is 32.2. The number of carbonyl (C=O) groups excluding carboxylic acids is 1. The molecule has 0 saturated heterocycles. The summed E-state index contributed by atoms with van der Waals surface area (Å²) in [6.07, 6.45) is 3.50. The molecular formula is C24H23N5OS. The minimum atomic E-state index is -0.760. The number of nitrogens with zero attached hydrogens (tertiary/aromatic N) is 4. The summed E-state index contributed by atoms with van der Waals surface area (Å²) < 4.78 is 1.28. The molecule has 2 aromatic carbocycles. The number of pyridine rings is 1. The number of thioether (sulfide) groups is 1. The smallest absolute Gasteiger partial charge is 0.240 e. The van der Waals surface area contributed by atoms with Gasteiger partial charge in [0.15, 0.2) is 11.0 Å². The minimum Gasteiger partial charge on any atom is -0.325 e. The van der Waals surface area contributed by atoms with E-state index in [1.807, 2.05) is 79.1 Å². The van der Waals surface area contributed by atoms with E-state index in [1.165, 1.54) is 11.8 Å². The van der Waals surface area contributed by atoms with Crippen molar-refractivity contribution in [1.82, 2.24) is 19.7 Å². The van der Waals surface area contributed by atoms with Gasteiger partial charge in [-0.05, 0) is 43.7 Å². The van der Waals surface area contributed by atoms with Crippen LogP contribution in [0.4, 0.5) is 5.69 Å². The van der Waals surface area contributed by atoms with Crippen LogP contribution in [0.5, 0.6) is 0 Å². The Labute approximate surface area is 185 Å². The van der Waals surface area contributed by atoms with Crippen LogP contribution in [0.15, 0.2) is 90.3 Å². The summed E-state index contributed by atoms with van der Waals surface area (Å²) in [6, 6.07) is 23.4. The molecular weight excluding hydrogens is 406 g/mol. The zero-order valence-corrected chi connectivity index (χ0v) is 18.2. The highest BCUT2D eigenvalue weighted by Crippen LogP contribution is 2.34. The number of rotatable bonds is 7. The Kier molecular flexibility index (Phi) is 6.13. The zero-order chi connectivity index (χ0) is 21.7. The summed E-state index contributed by atoms with van der Waals surface area (Å²) in [7, 11) is 0. The first-order chi connectivity index (χ1) is 15.0. The van der Waals surface area contributed by atoms with Crippen molar-refractivity contribution >= 4 is 23.4 Å². The maximum absolute atomic E-state index is 13.0. The summed E-state index contributed by atoms with van der Waals surface area (Å²) in [5.74, 6) is 0.625. The summed E-state index contributed by atoms with van der Waals surface area (Å²) in [6.45, 7) is 4.37. The summed E-state index contributed by atoms with van der Waals surface area (Å²) >= 11 is 1.39. The van der Waals surface area contributed by atoms with Gasteiger partial charge in [-0.25, -0.2) is 0 Å². The number of carbonyl (C=O) groups is 1. The van der Waals surface area contributed by atoms with E-state index in [-0.39, 0.29) is 5.91 Å². The van der Waals surface area contributed by atoms with Gasteiger partial charge in [-0.3, -0.25) is 14.3 Å². The number of para-hydroxylation sites is 1. The van der Waals surface area contributed by atoms with Crippen molar-refractivity contribution in [2.24, 2.45) is 0 Å². The van der Waals surface area contributed by atoms with Crippen LogP contribution >= 0.6 is 11.8 Å². The van der Waals surface area contributed by atoms with Crippen LogP contribution in [0, 0.1) is 0 Å². The lowest BCUT2D eigenvalue weighted by molar-refractivity contribution is -0.117. The lowest BCUT2D eigenvalue weighted by atomic mass is 10.2. The Morgan fingerprint density at radius 1 is 0.968 bits per heavy atom. The molecule has 0 spiro atoms. The molecule has 0 atom stereocenters. The molecule has 0 aliphatic carbocycles. The highest BCUT2D eigenvalue weighted by molar-refractivity contribution is 8.01. The monoisotopic (exact) mass is 429 g/mol. The average molecular weight is 430 g/mol. The number of benzene rings is 2. The predicted octanol–water partition coefficient (Wildman–Crippen LogP) is 4.90. The van der Waals surface area contributed by atoms with Crippen molar-refractivity contribution in [3.8, 4) is 11.4 Å². The van der Waals surface area contributed by atoms with Gasteiger partial charge in [-0.1, -0.05) is 60.3 Å². The molecule has 1 N–H and O–H groups in total. The first kappa shape index (κ1) is 20.8. The van der Waals surface area contributed by atoms with Crippen molar-refractivity contribution in [3.05, 3.63) is 90.8 Å². The van der Waals surface area contributed by atoms with E-state index >= 15 is 0 Å². The molecule has 0 fully saturated rings. The molecule has 0 saturated carbocycles. The third-order valence-electron chi connectivity index (χ3n) is 4.75. The molecule has 7 heteroatoms. The van der Waals surface area contributed by atoms with Crippen LogP contribution in [0.3, 0.4) is 0 Å². The van der Waals surface area contributed by atoms with Crippen molar-refractivity contribution in [1.29, 1.82) is 0 Å². The van der Waals surface area contributed by atoms with Crippen LogP contribution < -0.4 is 5.32 Å². The van der Waals surface area contributed by atoms with E-state index in [0.29, 0.717) is 11.7 Å². The average Bonchev–Trinajstić information content (AvgIpc) is 3.17. The molecule has 0 bridgehead atoms. The number of amides is 1. The predicted molar refractivity (Wildman–Crippen MR) is 124 cm³/mol. The van der Waals surface area contributed by atoms with E-state index in [4.69, 9.17) is 0 Å². The standard InChI is InChI=1S/C24H23N5OS/c1-24(2,22(30)26-20-13-7-4-8-14-20)31-23-28-27-21(19-12-9-15-25-16-19)29(23)17-18-10-5-3-6-11-18/h3-16H,17H2,1-2H3,(H,26,30). The second-order valence-electron chi connectivity index (χ2n) is 7.55. The van der Waals surface area contributed by atoms with Gasteiger partial charge in [-0.2, -0.15) is 0 Å². The lowest BCUT2D eigenvalue weighted by Gasteiger charge is -2.23. The van der Waals surface area contributed by atoms with Crippen molar-refractivity contribution in [3.63, 3.8) is 0 Å². The number of aromatic nitrogens is 4. The lowest BCUT2D eigenvalue weighted by Crippen LogP contribution is -2.34. The fraction of sp³-hybridized carbons (Fsp3) is 0.167. The van der Waals surface area contributed by atoms with Crippen molar-refractivity contribution in [2.75, 3.05) is 5.32 Å². The maximum atomic E-state index is 13.0.